The molecule has 0 atom stereocenters. The lowest BCUT2D eigenvalue weighted by molar-refractivity contribution is -0.147. The van der Waals surface area contributed by atoms with E-state index in [2.05, 4.69) is 38.2 Å². The molecule has 0 saturated carbocycles. The summed E-state index contributed by atoms with van der Waals surface area (Å²) in [6.07, 6.45) is 5.89. The first-order chi connectivity index (χ1) is 15.1. The van der Waals surface area contributed by atoms with Crippen molar-refractivity contribution in [2.45, 2.75) is 52.3 Å². The van der Waals surface area contributed by atoms with Crippen molar-refractivity contribution >= 4 is 0 Å². The van der Waals surface area contributed by atoms with Crippen LogP contribution in [0.3, 0.4) is 0 Å². The molecule has 2 aliphatic heterocycles. The average molecular weight is 421 g/mol. The van der Waals surface area contributed by atoms with Gasteiger partial charge in [-0.1, -0.05) is 12.1 Å². The number of hydrogen-bond acceptors (Lipinski definition) is 7. The van der Waals surface area contributed by atoms with Crippen LogP contribution in [0.4, 0.5) is 0 Å². The van der Waals surface area contributed by atoms with Crippen LogP contribution < -0.4 is 4.74 Å². The van der Waals surface area contributed by atoms with Gasteiger partial charge in [0.1, 0.15) is 12.3 Å². The lowest BCUT2D eigenvalue weighted by atomic mass is 9.88. The van der Waals surface area contributed by atoms with Crippen LogP contribution >= 0.6 is 0 Å². The highest BCUT2D eigenvalue weighted by Crippen LogP contribution is 2.33. The van der Waals surface area contributed by atoms with Crippen LogP contribution in [0.25, 0.3) is 5.69 Å². The smallest absolute Gasteiger partial charge is 0.213 e. The number of rotatable bonds is 6. The topological polar surface area (TPSA) is 78.2 Å². The van der Waals surface area contributed by atoms with Crippen LogP contribution in [-0.4, -0.2) is 55.2 Å². The number of aryl methyl sites for hydroxylation is 2. The van der Waals surface area contributed by atoms with Crippen molar-refractivity contribution in [1.29, 1.82) is 0 Å². The van der Waals surface area contributed by atoms with Gasteiger partial charge in [0, 0.05) is 31.0 Å². The molecule has 3 aromatic heterocycles. The fourth-order valence-electron chi connectivity index (χ4n) is 4.33. The van der Waals surface area contributed by atoms with Gasteiger partial charge in [-0.25, -0.2) is 9.67 Å². The minimum atomic E-state index is 0.209. The summed E-state index contributed by atoms with van der Waals surface area (Å²) in [5, 5.41) is 8.48. The Labute approximate surface area is 182 Å². The summed E-state index contributed by atoms with van der Waals surface area (Å²) in [6, 6.07) is 6.03. The second-order valence-corrected chi connectivity index (χ2v) is 8.51. The second-order valence-electron chi connectivity index (χ2n) is 8.51. The molecule has 162 valence electrons. The van der Waals surface area contributed by atoms with Gasteiger partial charge in [-0.3, -0.25) is 9.88 Å². The number of aromatic nitrogens is 5. The predicted octanol–water partition coefficient (Wildman–Crippen LogP) is 2.79. The fourth-order valence-corrected chi connectivity index (χ4v) is 4.33. The number of fused-ring (bicyclic) bond motifs is 1. The Kier molecular flexibility index (Phi) is 5.19. The molecule has 0 unspecified atom stereocenters. The molecule has 1 fully saturated rings. The second kappa shape index (κ2) is 8.01. The van der Waals surface area contributed by atoms with Crippen molar-refractivity contribution in [2.75, 3.05) is 19.8 Å². The fraction of sp³-hybridized carbons (Fsp3) is 0.478. The maximum absolute atomic E-state index is 6.06. The zero-order chi connectivity index (χ0) is 21.4. The normalized spacial score (nSPS) is 17.8. The molecule has 0 spiro atoms. The van der Waals surface area contributed by atoms with Gasteiger partial charge in [-0.2, -0.15) is 0 Å². The van der Waals surface area contributed by atoms with Gasteiger partial charge in [0.15, 0.2) is 0 Å². The molecule has 8 heteroatoms. The van der Waals surface area contributed by atoms with Crippen molar-refractivity contribution in [3.63, 3.8) is 0 Å². The molecule has 0 N–H and O–H groups in total. The molecule has 31 heavy (non-hydrogen) atoms. The summed E-state index contributed by atoms with van der Waals surface area (Å²) in [5.41, 5.74) is 6.37. The quantitative estimate of drug-likeness (QED) is 0.607. The lowest BCUT2D eigenvalue weighted by Crippen LogP contribution is -2.62. The van der Waals surface area contributed by atoms with E-state index >= 15 is 0 Å². The lowest BCUT2D eigenvalue weighted by Gasteiger charge is -2.51. The van der Waals surface area contributed by atoms with Gasteiger partial charge < -0.3 is 9.47 Å². The highest BCUT2D eigenvalue weighted by molar-refractivity contribution is 5.33. The van der Waals surface area contributed by atoms with Gasteiger partial charge in [0.2, 0.25) is 5.88 Å². The Balaban J connectivity index is 1.30. The first-order valence-electron chi connectivity index (χ1n) is 10.9. The molecule has 2 aliphatic rings. The summed E-state index contributed by atoms with van der Waals surface area (Å²) < 4.78 is 13.4. The molecule has 0 bridgehead atoms. The van der Waals surface area contributed by atoms with Crippen molar-refractivity contribution in [3.8, 4) is 11.6 Å². The molecule has 0 aliphatic carbocycles. The molecule has 1 saturated heterocycles. The first kappa shape index (κ1) is 20.1. The Morgan fingerprint density at radius 1 is 1.13 bits per heavy atom. The molecule has 8 nitrogen and oxygen atoms in total. The average Bonchev–Trinajstić information content (AvgIpc) is 3.12. The minimum absolute atomic E-state index is 0.209. The van der Waals surface area contributed by atoms with Crippen LogP contribution in [0.1, 0.15) is 41.6 Å². The summed E-state index contributed by atoms with van der Waals surface area (Å²) in [4.78, 5) is 11.5. The predicted molar refractivity (Wildman–Crippen MR) is 115 cm³/mol. The third kappa shape index (κ3) is 3.70. The standard InChI is InChI=1S/C23H28N6O2/c1-4-23(14-30-15-23)28-8-7-18-9-22(25-10-19(18)12-28)31-13-21-17(3)26-27-29(21)20-6-5-16(2)24-11-20/h5-6,9-11H,4,7-8,12-15H2,1-3H3. The Morgan fingerprint density at radius 3 is 2.71 bits per heavy atom. The van der Waals surface area contributed by atoms with Crippen molar-refractivity contribution in [3.05, 3.63) is 58.8 Å². The van der Waals surface area contributed by atoms with E-state index in [-0.39, 0.29) is 5.54 Å². The molecule has 3 aromatic rings. The van der Waals surface area contributed by atoms with E-state index in [0.29, 0.717) is 12.5 Å². The maximum atomic E-state index is 6.06. The van der Waals surface area contributed by atoms with Crippen molar-refractivity contribution in [1.82, 2.24) is 29.9 Å². The Bertz CT molecular complexity index is 1070. The monoisotopic (exact) mass is 420 g/mol. The van der Waals surface area contributed by atoms with Gasteiger partial charge in [0.05, 0.1) is 36.3 Å². The van der Waals surface area contributed by atoms with Crippen LogP contribution in [0, 0.1) is 13.8 Å². The molecule has 0 aromatic carbocycles. The van der Waals surface area contributed by atoms with Gasteiger partial charge in [-0.05, 0) is 49.9 Å². The van der Waals surface area contributed by atoms with Crippen molar-refractivity contribution < 1.29 is 9.47 Å². The summed E-state index contributed by atoms with van der Waals surface area (Å²) in [5.74, 6) is 0.638. The van der Waals surface area contributed by atoms with Crippen LogP contribution in [0.5, 0.6) is 5.88 Å². The van der Waals surface area contributed by atoms with E-state index in [1.54, 1.807) is 10.9 Å². The zero-order valence-corrected chi connectivity index (χ0v) is 18.3. The largest absolute Gasteiger partial charge is 0.471 e. The molecular formula is C23H28N6O2. The number of hydrogen-bond donors (Lipinski definition) is 0. The highest BCUT2D eigenvalue weighted by atomic mass is 16.5. The molecular weight excluding hydrogens is 392 g/mol. The van der Waals surface area contributed by atoms with Gasteiger partial charge in [0.25, 0.3) is 0 Å². The van der Waals surface area contributed by atoms with E-state index in [9.17, 15) is 0 Å². The summed E-state index contributed by atoms with van der Waals surface area (Å²) >= 11 is 0. The third-order valence-electron chi connectivity index (χ3n) is 6.60. The van der Waals surface area contributed by atoms with Gasteiger partial charge in [-0.15, -0.1) is 5.10 Å². The van der Waals surface area contributed by atoms with E-state index in [4.69, 9.17) is 9.47 Å². The molecule has 0 amide bonds. The summed E-state index contributed by atoms with van der Waals surface area (Å²) in [6.45, 7) is 10.1. The zero-order valence-electron chi connectivity index (χ0n) is 18.3. The van der Waals surface area contributed by atoms with Crippen LogP contribution in [-0.2, 0) is 24.3 Å². The Morgan fingerprint density at radius 2 is 2.00 bits per heavy atom. The number of ether oxygens (including phenoxy) is 2. The van der Waals surface area contributed by atoms with Crippen LogP contribution in [0.15, 0.2) is 30.6 Å². The Hall–Kier alpha value is -2.84. The number of nitrogens with zero attached hydrogens (tertiary/aromatic N) is 6. The minimum Gasteiger partial charge on any atom is -0.471 e. The number of pyridine rings is 2. The third-order valence-corrected chi connectivity index (χ3v) is 6.60. The van der Waals surface area contributed by atoms with E-state index in [0.717, 1.165) is 61.9 Å². The maximum Gasteiger partial charge on any atom is 0.213 e. The van der Waals surface area contributed by atoms with Crippen molar-refractivity contribution in [2.24, 2.45) is 0 Å². The van der Waals surface area contributed by atoms with E-state index in [1.165, 1.54) is 11.1 Å². The van der Waals surface area contributed by atoms with E-state index in [1.807, 2.05) is 32.2 Å². The van der Waals surface area contributed by atoms with Gasteiger partial charge >= 0.3 is 0 Å². The molecule has 5 rings (SSSR count). The van der Waals surface area contributed by atoms with E-state index < -0.39 is 0 Å². The SMILES string of the molecule is CCC1(N2CCc3cc(OCc4c(C)nnn4-c4ccc(C)nc4)ncc3C2)COC1. The summed E-state index contributed by atoms with van der Waals surface area (Å²) in [7, 11) is 0. The molecule has 5 heterocycles. The molecule has 0 radical (unpaired) electrons. The van der Waals surface area contributed by atoms with Crippen LogP contribution in [0.2, 0.25) is 0 Å². The highest BCUT2D eigenvalue weighted by Gasteiger charge is 2.43. The first-order valence-corrected chi connectivity index (χ1v) is 10.9.